The van der Waals surface area contributed by atoms with E-state index in [9.17, 15) is 9.59 Å². The molecule has 122 valence electrons. The SMILES string of the molecule is CN(Cc1ccccc1Cl)C(=O)Cn1ncc(=O)c2ccccc21. The van der Waals surface area contributed by atoms with E-state index in [1.807, 2.05) is 24.3 Å². The van der Waals surface area contributed by atoms with E-state index in [1.54, 1.807) is 40.9 Å². The van der Waals surface area contributed by atoms with Crippen LogP contribution in [-0.4, -0.2) is 27.6 Å². The Kier molecular flexibility index (Phi) is 4.62. The van der Waals surface area contributed by atoms with Crippen molar-refractivity contribution in [3.63, 3.8) is 0 Å². The number of fused-ring (bicyclic) bond motifs is 1. The number of likely N-dealkylation sites (N-methyl/N-ethyl adjacent to an activating group) is 1. The molecule has 5 nitrogen and oxygen atoms in total. The summed E-state index contributed by atoms with van der Waals surface area (Å²) in [6.07, 6.45) is 1.24. The van der Waals surface area contributed by atoms with Gasteiger partial charge in [-0.2, -0.15) is 5.10 Å². The number of rotatable bonds is 4. The number of hydrogen-bond acceptors (Lipinski definition) is 3. The Balaban J connectivity index is 1.81. The van der Waals surface area contributed by atoms with Crippen LogP contribution >= 0.6 is 11.6 Å². The molecule has 0 radical (unpaired) electrons. The van der Waals surface area contributed by atoms with E-state index >= 15 is 0 Å². The van der Waals surface area contributed by atoms with Crippen molar-refractivity contribution in [2.45, 2.75) is 13.1 Å². The van der Waals surface area contributed by atoms with Crippen LogP contribution in [0.25, 0.3) is 10.9 Å². The first-order valence-corrected chi connectivity index (χ1v) is 7.86. The summed E-state index contributed by atoms with van der Waals surface area (Å²) >= 11 is 6.14. The highest BCUT2D eigenvalue weighted by Crippen LogP contribution is 2.16. The van der Waals surface area contributed by atoms with Crippen molar-refractivity contribution in [2.75, 3.05) is 7.05 Å². The van der Waals surface area contributed by atoms with Crippen LogP contribution in [0.15, 0.2) is 59.5 Å². The number of carbonyl (C=O) groups excluding carboxylic acids is 1. The molecule has 24 heavy (non-hydrogen) atoms. The largest absolute Gasteiger partial charge is 0.340 e. The van der Waals surface area contributed by atoms with Gasteiger partial charge in [-0.05, 0) is 23.8 Å². The fourth-order valence-corrected chi connectivity index (χ4v) is 2.70. The lowest BCUT2D eigenvalue weighted by Gasteiger charge is -2.19. The maximum atomic E-state index is 12.5. The van der Waals surface area contributed by atoms with E-state index in [4.69, 9.17) is 11.6 Å². The molecule has 0 saturated carbocycles. The summed E-state index contributed by atoms with van der Waals surface area (Å²) in [6.45, 7) is 0.471. The molecule has 0 bridgehead atoms. The predicted molar refractivity (Wildman–Crippen MR) is 93.9 cm³/mol. The van der Waals surface area contributed by atoms with Crippen LogP contribution in [0.1, 0.15) is 5.56 Å². The van der Waals surface area contributed by atoms with Gasteiger partial charge in [0, 0.05) is 24.0 Å². The number of amides is 1. The maximum absolute atomic E-state index is 12.5. The van der Waals surface area contributed by atoms with Crippen LogP contribution in [0.4, 0.5) is 0 Å². The van der Waals surface area contributed by atoms with E-state index in [-0.39, 0.29) is 17.9 Å². The molecule has 3 rings (SSSR count). The Morgan fingerprint density at radius 3 is 2.67 bits per heavy atom. The second-order valence-corrected chi connectivity index (χ2v) is 5.93. The molecule has 1 aromatic heterocycles. The van der Waals surface area contributed by atoms with Crippen LogP contribution in [0, 0.1) is 0 Å². The lowest BCUT2D eigenvalue weighted by atomic mass is 10.2. The molecule has 6 heteroatoms. The van der Waals surface area contributed by atoms with Crippen LogP contribution in [0.5, 0.6) is 0 Å². The molecule has 0 fully saturated rings. The van der Waals surface area contributed by atoms with Crippen LogP contribution < -0.4 is 5.43 Å². The summed E-state index contributed by atoms with van der Waals surface area (Å²) < 4.78 is 1.54. The zero-order valence-electron chi connectivity index (χ0n) is 13.1. The van der Waals surface area contributed by atoms with E-state index < -0.39 is 0 Å². The van der Waals surface area contributed by atoms with Crippen LogP contribution in [0.3, 0.4) is 0 Å². The van der Waals surface area contributed by atoms with Crippen molar-refractivity contribution < 1.29 is 4.79 Å². The highest BCUT2D eigenvalue weighted by Gasteiger charge is 2.13. The molecule has 1 heterocycles. The molecule has 2 aromatic carbocycles. The smallest absolute Gasteiger partial charge is 0.244 e. The average molecular weight is 342 g/mol. The predicted octanol–water partition coefficient (Wildman–Crippen LogP) is 2.71. The summed E-state index contributed by atoms with van der Waals surface area (Å²) in [7, 11) is 1.72. The Morgan fingerprint density at radius 1 is 1.17 bits per heavy atom. The lowest BCUT2D eigenvalue weighted by molar-refractivity contribution is -0.131. The standard InChI is InChI=1S/C18H16ClN3O2/c1-21(11-13-6-2-4-8-15(13)19)18(24)12-22-16-9-5-3-7-14(16)17(23)10-20-22/h2-10H,11-12H2,1H3. The quantitative estimate of drug-likeness (QED) is 0.733. The first-order valence-electron chi connectivity index (χ1n) is 7.48. The van der Waals surface area contributed by atoms with Crippen molar-refractivity contribution in [1.82, 2.24) is 14.7 Å². The summed E-state index contributed by atoms with van der Waals surface area (Å²) in [5.74, 6) is -0.115. The van der Waals surface area contributed by atoms with Gasteiger partial charge in [0.1, 0.15) is 6.54 Å². The van der Waals surface area contributed by atoms with Gasteiger partial charge in [0.2, 0.25) is 11.3 Å². The van der Waals surface area contributed by atoms with E-state index in [0.717, 1.165) is 5.56 Å². The minimum Gasteiger partial charge on any atom is -0.340 e. The lowest BCUT2D eigenvalue weighted by Crippen LogP contribution is -2.31. The molecule has 0 atom stereocenters. The summed E-state index contributed by atoms with van der Waals surface area (Å²) in [6, 6.07) is 14.5. The molecule has 0 saturated heterocycles. The van der Waals surface area contributed by atoms with Gasteiger partial charge in [0.15, 0.2) is 0 Å². The first kappa shape index (κ1) is 16.2. The summed E-state index contributed by atoms with van der Waals surface area (Å²) in [5, 5.41) is 5.26. The third kappa shape index (κ3) is 3.31. The molecule has 3 aromatic rings. The highest BCUT2D eigenvalue weighted by molar-refractivity contribution is 6.31. The summed E-state index contributed by atoms with van der Waals surface area (Å²) in [5.41, 5.74) is 1.37. The molecule has 0 spiro atoms. The first-order chi connectivity index (χ1) is 11.6. The zero-order valence-corrected chi connectivity index (χ0v) is 13.9. The van der Waals surface area contributed by atoms with Gasteiger partial charge < -0.3 is 4.90 Å². The number of nitrogens with zero attached hydrogens (tertiary/aromatic N) is 3. The highest BCUT2D eigenvalue weighted by atomic mass is 35.5. The Hall–Kier alpha value is -2.66. The monoisotopic (exact) mass is 341 g/mol. The van der Waals surface area contributed by atoms with Crippen LogP contribution in [0.2, 0.25) is 5.02 Å². The van der Waals surface area contributed by atoms with E-state index in [2.05, 4.69) is 5.10 Å². The van der Waals surface area contributed by atoms with Crippen molar-refractivity contribution in [3.8, 4) is 0 Å². The van der Waals surface area contributed by atoms with Gasteiger partial charge >= 0.3 is 0 Å². The minimum atomic E-state index is -0.154. The summed E-state index contributed by atoms with van der Waals surface area (Å²) in [4.78, 5) is 25.9. The third-order valence-corrected chi connectivity index (χ3v) is 4.21. The molecule has 0 aliphatic heterocycles. The second-order valence-electron chi connectivity index (χ2n) is 5.52. The molecule has 0 aliphatic rings. The van der Waals surface area contributed by atoms with Crippen LogP contribution in [-0.2, 0) is 17.9 Å². The van der Waals surface area contributed by atoms with Gasteiger partial charge in [-0.3, -0.25) is 14.3 Å². The van der Waals surface area contributed by atoms with E-state index in [0.29, 0.717) is 22.5 Å². The average Bonchev–Trinajstić information content (AvgIpc) is 2.59. The Bertz CT molecular complexity index is 952. The number of carbonyl (C=O) groups is 1. The number of hydrogen-bond donors (Lipinski definition) is 0. The van der Waals surface area contributed by atoms with E-state index in [1.165, 1.54) is 6.20 Å². The number of halogens is 1. The number of benzene rings is 2. The Morgan fingerprint density at radius 2 is 1.88 bits per heavy atom. The molecule has 0 aliphatic carbocycles. The van der Waals surface area contributed by atoms with Gasteiger partial charge in [0.05, 0.1) is 11.7 Å². The zero-order chi connectivity index (χ0) is 17.1. The van der Waals surface area contributed by atoms with Gasteiger partial charge in [-0.1, -0.05) is 41.9 Å². The molecular formula is C18H16ClN3O2. The van der Waals surface area contributed by atoms with Crippen molar-refractivity contribution in [1.29, 1.82) is 0 Å². The minimum absolute atomic E-state index is 0.0573. The molecule has 0 unspecified atom stereocenters. The van der Waals surface area contributed by atoms with Gasteiger partial charge in [0.25, 0.3) is 0 Å². The van der Waals surface area contributed by atoms with Crippen molar-refractivity contribution in [2.24, 2.45) is 0 Å². The molecule has 0 N–H and O–H groups in total. The van der Waals surface area contributed by atoms with Crippen molar-refractivity contribution in [3.05, 3.63) is 75.5 Å². The number of aromatic nitrogens is 2. The number of para-hydroxylation sites is 1. The Labute approximate surface area is 144 Å². The topological polar surface area (TPSA) is 55.2 Å². The fourth-order valence-electron chi connectivity index (χ4n) is 2.51. The second kappa shape index (κ2) is 6.84. The van der Waals surface area contributed by atoms with Crippen molar-refractivity contribution >= 4 is 28.4 Å². The molecule has 1 amide bonds. The molecular weight excluding hydrogens is 326 g/mol. The third-order valence-electron chi connectivity index (χ3n) is 3.84. The normalized spacial score (nSPS) is 10.8. The fraction of sp³-hybridized carbons (Fsp3) is 0.167. The van der Waals surface area contributed by atoms with Gasteiger partial charge in [-0.25, -0.2) is 0 Å². The van der Waals surface area contributed by atoms with Gasteiger partial charge in [-0.15, -0.1) is 0 Å². The maximum Gasteiger partial charge on any atom is 0.244 e.